The number of hydrogen-bond donors (Lipinski definition) is 1. The van der Waals surface area contributed by atoms with Crippen LogP contribution in [0.4, 0.5) is 17.6 Å². The van der Waals surface area contributed by atoms with Crippen LogP contribution in [0, 0.1) is 5.82 Å². The topological polar surface area (TPSA) is 40.5 Å². The molecule has 0 aliphatic rings. The van der Waals surface area contributed by atoms with Crippen molar-refractivity contribution in [2.75, 3.05) is 13.6 Å². The Morgan fingerprint density at radius 2 is 2.00 bits per heavy atom. The Hall–Kier alpha value is -1.89. The van der Waals surface area contributed by atoms with Crippen molar-refractivity contribution in [3.8, 4) is 0 Å². The molecule has 0 atom stereocenters. The summed E-state index contributed by atoms with van der Waals surface area (Å²) in [6, 6.07) is 3.66. The number of aliphatic carboxylic acids is 1. The van der Waals surface area contributed by atoms with E-state index in [1.165, 1.54) is 19.2 Å². The summed E-state index contributed by atoms with van der Waals surface area (Å²) in [6.45, 7) is -1.20. The minimum absolute atomic E-state index is 0.0921. The fourth-order valence-corrected chi connectivity index (χ4v) is 1.70. The molecule has 0 aliphatic heterocycles. The Kier molecular flexibility index (Phi) is 5.26. The van der Waals surface area contributed by atoms with Gasteiger partial charge in [0.25, 0.3) is 0 Å². The second kappa shape index (κ2) is 6.51. The molecule has 7 heteroatoms. The molecular formula is C13H13F4NO2. The lowest BCUT2D eigenvalue weighted by Crippen LogP contribution is -2.30. The molecule has 1 aromatic rings. The van der Waals surface area contributed by atoms with Gasteiger partial charge in [-0.3, -0.25) is 4.90 Å². The highest BCUT2D eigenvalue weighted by molar-refractivity contribution is 5.85. The number of benzene rings is 1. The average molecular weight is 291 g/mol. The highest BCUT2D eigenvalue weighted by Crippen LogP contribution is 2.18. The molecule has 0 fully saturated rings. The van der Waals surface area contributed by atoms with E-state index in [0.717, 1.165) is 23.1 Å². The Balaban J connectivity index is 2.83. The molecule has 110 valence electrons. The Labute approximate surface area is 113 Å². The second-order valence-electron chi connectivity index (χ2n) is 4.35. The zero-order valence-electron chi connectivity index (χ0n) is 10.6. The van der Waals surface area contributed by atoms with E-state index in [1.807, 2.05) is 0 Å². The van der Waals surface area contributed by atoms with Crippen LogP contribution in [0.5, 0.6) is 0 Å². The minimum Gasteiger partial charge on any atom is -0.478 e. The minimum atomic E-state index is -4.33. The molecule has 0 heterocycles. The highest BCUT2D eigenvalue weighted by atomic mass is 19.4. The van der Waals surface area contributed by atoms with Gasteiger partial charge >= 0.3 is 12.1 Å². The van der Waals surface area contributed by atoms with E-state index in [0.29, 0.717) is 5.56 Å². The number of nitrogens with zero attached hydrogens (tertiary/aromatic N) is 1. The predicted molar refractivity (Wildman–Crippen MR) is 65.5 cm³/mol. The van der Waals surface area contributed by atoms with Gasteiger partial charge in [0.05, 0.1) is 6.54 Å². The smallest absolute Gasteiger partial charge is 0.401 e. The summed E-state index contributed by atoms with van der Waals surface area (Å²) in [7, 11) is 1.27. The van der Waals surface area contributed by atoms with E-state index in [1.54, 1.807) is 0 Å². The first-order valence-electron chi connectivity index (χ1n) is 5.61. The zero-order valence-corrected chi connectivity index (χ0v) is 10.6. The number of halogens is 4. The van der Waals surface area contributed by atoms with E-state index in [9.17, 15) is 22.4 Å². The number of hydrogen-bond acceptors (Lipinski definition) is 2. The molecular weight excluding hydrogens is 278 g/mol. The fourth-order valence-electron chi connectivity index (χ4n) is 1.70. The van der Waals surface area contributed by atoms with Crippen molar-refractivity contribution in [2.24, 2.45) is 0 Å². The van der Waals surface area contributed by atoms with Crippen molar-refractivity contribution in [1.29, 1.82) is 0 Å². The summed E-state index contributed by atoms with van der Waals surface area (Å²) in [5.74, 6) is -1.82. The lowest BCUT2D eigenvalue weighted by atomic mass is 10.1. The van der Waals surface area contributed by atoms with Gasteiger partial charge in [-0.15, -0.1) is 0 Å². The van der Waals surface area contributed by atoms with Crippen molar-refractivity contribution in [3.63, 3.8) is 0 Å². The lowest BCUT2D eigenvalue weighted by Gasteiger charge is -2.18. The third kappa shape index (κ3) is 6.33. The first-order chi connectivity index (χ1) is 9.15. The molecule has 1 aromatic carbocycles. The molecule has 0 bridgehead atoms. The maximum absolute atomic E-state index is 13.3. The van der Waals surface area contributed by atoms with Gasteiger partial charge in [-0.25, -0.2) is 9.18 Å². The summed E-state index contributed by atoms with van der Waals surface area (Å²) in [6.07, 6.45) is -2.31. The molecule has 0 radical (unpaired) electrons. The van der Waals surface area contributed by atoms with Gasteiger partial charge in [0.1, 0.15) is 5.82 Å². The maximum Gasteiger partial charge on any atom is 0.401 e. The average Bonchev–Trinajstić information content (AvgIpc) is 2.22. The van der Waals surface area contributed by atoms with Crippen LogP contribution in [0.15, 0.2) is 24.3 Å². The summed E-state index contributed by atoms with van der Waals surface area (Å²) in [5, 5.41) is 8.47. The van der Waals surface area contributed by atoms with Crippen LogP contribution in [0.1, 0.15) is 11.1 Å². The van der Waals surface area contributed by atoms with Crippen LogP contribution >= 0.6 is 0 Å². The molecule has 0 saturated heterocycles. The van der Waals surface area contributed by atoms with Gasteiger partial charge in [-0.1, -0.05) is 6.07 Å². The quantitative estimate of drug-likeness (QED) is 0.670. The summed E-state index contributed by atoms with van der Waals surface area (Å²) < 4.78 is 49.9. The number of carboxylic acids is 1. The van der Waals surface area contributed by atoms with Gasteiger partial charge < -0.3 is 5.11 Å². The first kappa shape index (κ1) is 16.2. The van der Waals surface area contributed by atoms with Crippen LogP contribution in [0.25, 0.3) is 6.08 Å². The Morgan fingerprint density at radius 3 is 2.55 bits per heavy atom. The Morgan fingerprint density at radius 1 is 1.35 bits per heavy atom. The van der Waals surface area contributed by atoms with Gasteiger partial charge in [-0.05, 0) is 36.4 Å². The SMILES string of the molecule is CN(Cc1cc(F)cc(C=CC(=O)O)c1)CC(F)(F)F. The van der Waals surface area contributed by atoms with Gasteiger partial charge in [0.2, 0.25) is 0 Å². The normalized spacial score (nSPS) is 12.3. The van der Waals surface area contributed by atoms with Gasteiger partial charge in [-0.2, -0.15) is 13.2 Å². The van der Waals surface area contributed by atoms with Crippen LogP contribution in [-0.4, -0.2) is 35.7 Å². The molecule has 0 aliphatic carbocycles. The van der Waals surface area contributed by atoms with Crippen LogP contribution in [-0.2, 0) is 11.3 Å². The van der Waals surface area contributed by atoms with Crippen molar-refractivity contribution >= 4 is 12.0 Å². The number of rotatable bonds is 5. The molecule has 0 amide bonds. The van der Waals surface area contributed by atoms with Gasteiger partial charge in [0.15, 0.2) is 0 Å². The van der Waals surface area contributed by atoms with E-state index in [-0.39, 0.29) is 12.1 Å². The second-order valence-corrected chi connectivity index (χ2v) is 4.35. The standard InChI is InChI=1S/C13H13F4NO2/c1-18(8-13(15,16)17)7-10-4-9(2-3-12(19)20)5-11(14)6-10/h2-6H,7-8H2,1H3,(H,19,20). The number of alkyl halides is 3. The van der Waals surface area contributed by atoms with Crippen molar-refractivity contribution in [1.82, 2.24) is 4.90 Å². The van der Waals surface area contributed by atoms with Crippen LogP contribution < -0.4 is 0 Å². The summed E-state index contributed by atoms with van der Waals surface area (Å²) >= 11 is 0. The van der Waals surface area contributed by atoms with E-state index < -0.39 is 24.5 Å². The monoisotopic (exact) mass is 291 g/mol. The molecule has 3 nitrogen and oxygen atoms in total. The molecule has 0 spiro atoms. The number of carbonyl (C=O) groups is 1. The molecule has 0 unspecified atom stereocenters. The predicted octanol–water partition coefficient (Wildman–Crippen LogP) is 2.92. The summed E-state index contributed by atoms with van der Waals surface area (Å²) in [5.41, 5.74) is 0.615. The zero-order chi connectivity index (χ0) is 15.3. The molecule has 0 aromatic heterocycles. The third-order valence-corrected chi connectivity index (χ3v) is 2.30. The van der Waals surface area contributed by atoms with Crippen molar-refractivity contribution in [3.05, 3.63) is 41.2 Å². The van der Waals surface area contributed by atoms with E-state index >= 15 is 0 Å². The van der Waals surface area contributed by atoms with Crippen molar-refractivity contribution < 1.29 is 27.5 Å². The lowest BCUT2D eigenvalue weighted by molar-refractivity contribution is -0.144. The number of carboxylic acid groups (broad SMARTS) is 1. The summed E-state index contributed by atoms with van der Waals surface area (Å²) in [4.78, 5) is 11.4. The molecule has 1 N–H and O–H groups in total. The van der Waals surface area contributed by atoms with E-state index in [4.69, 9.17) is 5.11 Å². The Bertz CT molecular complexity index is 512. The highest BCUT2D eigenvalue weighted by Gasteiger charge is 2.29. The largest absolute Gasteiger partial charge is 0.478 e. The molecule has 1 rings (SSSR count). The van der Waals surface area contributed by atoms with Crippen LogP contribution in [0.2, 0.25) is 0 Å². The third-order valence-electron chi connectivity index (χ3n) is 2.30. The molecule has 0 saturated carbocycles. The van der Waals surface area contributed by atoms with Crippen molar-refractivity contribution in [2.45, 2.75) is 12.7 Å². The van der Waals surface area contributed by atoms with Gasteiger partial charge in [0, 0.05) is 12.6 Å². The van der Waals surface area contributed by atoms with E-state index in [2.05, 4.69) is 0 Å². The molecule has 20 heavy (non-hydrogen) atoms. The fraction of sp³-hybridized carbons (Fsp3) is 0.308. The van der Waals surface area contributed by atoms with Crippen LogP contribution in [0.3, 0.4) is 0 Å². The first-order valence-corrected chi connectivity index (χ1v) is 5.61. The maximum atomic E-state index is 13.3.